The van der Waals surface area contributed by atoms with Crippen LogP contribution in [0.4, 0.5) is 0 Å². The summed E-state index contributed by atoms with van der Waals surface area (Å²) in [5, 5.41) is 25.3. The van der Waals surface area contributed by atoms with Crippen LogP contribution in [0.1, 0.15) is 6.92 Å². The van der Waals surface area contributed by atoms with Crippen molar-refractivity contribution in [1.82, 2.24) is 0 Å². The summed E-state index contributed by atoms with van der Waals surface area (Å²) in [5.41, 5.74) is 0. The molecular formula is C6H12O5. The largest absolute Gasteiger partial charge is 0.479 e. The Labute approximate surface area is 64.2 Å². The van der Waals surface area contributed by atoms with E-state index < -0.39 is 24.8 Å². The molecule has 2 atom stereocenters. The number of aliphatic carboxylic acids is 1. The molecule has 2 unspecified atom stereocenters. The topological polar surface area (TPSA) is 87.0 Å². The van der Waals surface area contributed by atoms with Crippen LogP contribution in [0.3, 0.4) is 0 Å². The van der Waals surface area contributed by atoms with Gasteiger partial charge in [-0.25, -0.2) is 4.79 Å². The lowest BCUT2D eigenvalue weighted by Gasteiger charge is -2.10. The molecule has 0 heterocycles. The number of aliphatic hydroxyl groups is 2. The molecule has 66 valence electrons. The van der Waals surface area contributed by atoms with Crippen molar-refractivity contribution < 1.29 is 24.9 Å². The van der Waals surface area contributed by atoms with Crippen molar-refractivity contribution in [3.8, 4) is 0 Å². The van der Waals surface area contributed by atoms with E-state index in [1.165, 1.54) is 6.92 Å². The second kappa shape index (κ2) is 5.06. The minimum absolute atomic E-state index is 0.163. The maximum Gasteiger partial charge on any atom is 0.332 e. The SMILES string of the molecule is CC(OCC(O)CO)C(=O)O. The van der Waals surface area contributed by atoms with Crippen molar-refractivity contribution in [3.05, 3.63) is 0 Å². The summed E-state index contributed by atoms with van der Waals surface area (Å²) in [6.45, 7) is 0.767. The summed E-state index contributed by atoms with van der Waals surface area (Å²) < 4.78 is 4.65. The Morgan fingerprint density at radius 2 is 2.18 bits per heavy atom. The molecule has 0 aliphatic carbocycles. The van der Waals surface area contributed by atoms with E-state index in [2.05, 4.69) is 4.74 Å². The van der Waals surface area contributed by atoms with E-state index >= 15 is 0 Å². The average Bonchev–Trinajstić information content (AvgIpc) is 1.99. The molecule has 0 spiro atoms. The highest BCUT2D eigenvalue weighted by Crippen LogP contribution is 1.92. The van der Waals surface area contributed by atoms with Crippen molar-refractivity contribution in [2.45, 2.75) is 19.1 Å². The monoisotopic (exact) mass is 164 g/mol. The van der Waals surface area contributed by atoms with E-state index in [4.69, 9.17) is 15.3 Å². The van der Waals surface area contributed by atoms with Gasteiger partial charge in [0.2, 0.25) is 0 Å². The van der Waals surface area contributed by atoms with Crippen LogP contribution in [0.15, 0.2) is 0 Å². The summed E-state index contributed by atoms with van der Waals surface area (Å²) in [6.07, 6.45) is -1.95. The summed E-state index contributed by atoms with van der Waals surface area (Å²) in [5.74, 6) is -1.09. The predicted octanol–water partition coefficient (Wildman–Crippen LogP) is -1.17. The lowest BCUT2D eigenvalue weighted by molar-refractivity contribution is -0.151. The number of ether oxygens (including phenoxy) is 1. The number of carboxylic acids is 1. The molecule has 0 radical (unpaired) electrons. The Kier molecular flexibility index (Phi) is 4.76. The molecule has 0 saturated carbocycles. The Balaban J connectivity index is 3.45. The second-order valence-corrected chi connectivity index (χ2v) is 2.15. The molecule has 0 rings (SSSR count). The normalized spacial score (nSPS) is 15.9. The van der Waals surface area contributed by atoms with Crippen molar-refractivity contribution in [3.63, 3.8) is 0 Å². The van der Waals surface area contributed by atoms with Gasteiger partial charge >= 0.3 is 5.97 Å². The standard InChI is InChI=1S/C6H12O5/c1-4(6(9)10)11-3-5(8)2-7/h4-5,7-8H,2-3H2,1H3,(H,9,10). The highest BCUT2D eigenvalue weighted by molar-refractivity contribution is 5.71. The van der Waals surface area contributed by atoms with E-state index in [-0.39, 0.29) is 6.61 Å². The van der Waals surface area contributed by atoms with Gasteiger partial charge in [0.25, 0.3) is 0 Å². The fourth-order valence-electron chi connectivity index (χ4n) is 0.379. The third-order valence-electron chi connectivity index (χ3n) is 1.10. The molecule has 0 aromatic rings. The summed E-state index contributed by atoms with van der Waals surface area (Å²) in [6, 6.07) is 0. The van der Waals surface area contributed by atoms with Crippen LogP contribution >= 0.6 is 0 Å². The fraction of sp³-hybridized carbons (Fsp3) is 0.833. The summed E-state index contributed by atoms with van der Waals surface area (Å²) in [7, 11) is 0. The Morgan fingerprint density at radius 1 is 1.64 bits per heavy atom. The van der Waals surface area contributed by atoms with Gasteiger partial charge in [0.05, 0.1) is 13.2 Å². The lowest BCUT2D eigenvalue weighted by Crippen LogP contribution is -2.27. The zero-order chi connectivity index (χ0) is 8.85. The molecule has 0 fully saturated rings. The molecular weight excluding hydrogens is 152 g/mol. The molecule has 0 bridgehead atoms. The third kappa shape index (κ3) is 4.72. The number of rotatable bonds is 5. The molecule has 5 nitrogen and oxygen atoms in total. The molecule has 0 amide bonds. The van der Waals surface area contributed by atoms with Crippen LogP contribution in [0.5, 0.6) is 0 Å². The summed E-state index contributed by atoms with van der Waals surface area (Å²) >= 11 is 0. The van der Waals surface area contributed by atoms with Crippen molar-refractivity contribution in [2.75, 3.05) is 13.2 Å². The number of hydrogen-bond donors (Lipinski definition) is 3. The maximum absolute atomic E-state index is 10.1. The zero-order valence-electron chi connectivity index (χ0n) is 6.23. The number of hydrogen-bond acceptors (Lipinski definition) is 4. The number of carbonyl (C=O) groups is 1. The van der Waals surface area contributed by atoms with E-state index in [0.29, 0.717) is 0 Å². The van der Waals surface area contributed by atoms with Gasteiger partial charge < -0.3 is 20.1 Å². The molecule has 11 heavy (non-hydrogen) atoms. The van der Waals surface area contributed by atoms with Gasteiger partial charge in [-0.3, -0.25) is 0 Å². The quantitative estimate of drug-likeness (QED) is 0.476. The zero-order valence-corrected chi connectivity index (χ0v) is 6.23. The molecule has 5 heteroatoms. The number of carboxylic acid groups (broad SMARTS) is 1. The van der Waals surface area contributed by atoms with Gasteiger partial charge in [-0.15, -0.1) is 0 Å². The third-order valence-corrected chi connectivity index (χ3v) is 1.10. The van der Waals surface area contributed by atoms with E-state index in [1.807, 2.05) is 0 Å². The Hall–Kier alpha value is -0.650. The molecule has 0 aromatic heterocycles. The van der Waals surface area contributed by atoms with Gasteiger partial charge in [0.15, 0.2) is 6.10 Å². The van der Waals surface area contributed by atoms with Crippen molar-refractivity contribution in [1.29, 1.82) is 0 Å². The van der Waals surface area contributed by atoms with E-state index in [0.717, 1.165) is 0 Å². The van der Waals surface area contributed by atoms with Crippen LogP contribution in [0, 0.1) is 0 Å². The molecule has 3 N–H and O–H groups in total. The van der Waals surface area contributed by atoms with Gasteiger partial charge in [-0.05, 0) is 6.92 Å². The van der Waals surface area contributed by atoms with Crippen LogP contribution in [-0.4, -0.2) is 46.7 Å². The Bertz CT molecular complexity index is 124. The van der Waals surface area contributed by atoms with Gasteiger partial charge in [-0.2, -0.15) is 0 Å². The van der Waals surface area contributed by atoms with Crippen LogP contribution in [-0.2, 0) is 9.53 Å². The first-order chi connectivity index (χ1) is 5.07. The molecule has 0 aromatic carbocycles. The predicted molar refractivity (Wildman–Crippen MR) is 36.1 cm³/mol. The van der Waals surface area contributed by atoms with Gasteiger partial charge in [0.1, 0.15) is 6.10 Å². The van der Waals surface area contributed by atoms with Crippen molar-refractivity contribution in [2.24, 2.45) is 0 Å². The van der Waals surface area contributed by atoms with Crippen molar-refractivity contribution >= 4 is 5.97 Å². The lowest BCUT2D eigenvalue weighted by atomic mass is 10.4. The highest BCUT2D eigenvalue weighted by Gasteiger charge is 2.12. The first-order valence-corrected chi connectivity index (χ1v) is 3.21. The van der Waals surface area contributed by atoms with Crippen LogP contribution in [0.2, 0.25) is 0 Å². The average molecular weight is 164 g/mol. The first-order valence-electron chi connectivity index (χ1n) is 3.21. The Morgan fingerprint density at radius 3 is 2.55 bits per heavy atom. The minimum Gasteiger partial charge on any atom is -0.479 e. The van der Waals surface area contributed by atoms with Crippen LogP contribution < -0.4 is 0 Å². The summed E-state index contributed by atoms with van der Waals surface area (Å²) in [4.78, 5) is 10.1. The molecule has 0 saturated heterocycles. The van der Waals surface area contributed by atoms with E-state index in [9.17, 15) is 4.79 Å². The maximum atomic E-state index is 10.1. The molecule has 0 aliphatic rings. The van der Waals surface area contributed by atoms with Gasteiger partial charge in [0, 0.05) is 0 Å². The highest BCUT2D eigenvalue weighted by atomic mass is 16.5. The smallest absolute Gasteiger partial charge is 0.332 e. The number of aliphatic hydroxyl groups excluding tert-OH is 2. The van der Waals surface area contributed by atoms with Gasteiger partial charge in [-0.1, -0.05) is 0 Å². The molecule has 0 aliphatic heterocycles. The van der Waals surface area contributed by atoms with E-state index in [1.54, 1.807) is 0 Å². The first kappa shape index (κ1) is 10.3. The minimum atomic E-state index is -1.09. The van der Waals surface area contributed by atoms with Crippen LogP contribution in [0.25, 0.3) is 0 Å². The fourth-order valence-corrected chi connectivity index (χ4v) is 0.379. The second-order valence-electron chi connectivity index (χ2n) is 2.15.